The second-order valence-corrected chi connectivity index (χ2v) is 7.16. The molecule has 1 amide bonds. The van der Waals surface area contributed by atoms with Crippen LogP contribution in [0.1, 0.15) is 53.7 Å². The molecule has 0 unspecified atom stereocenters. The summed E-state index contributed by atoms with van der Waals surface area (Å²) in [6, 6.07) is 3.12. The monoisotopic (exact) mass is 343 g/mol. The van der Waals surface area contributed by atoms with Crippen LogP contribution in [0.3, 0.4) is 0 Å². The number of nitrogens with one attached hydrogen (secondary N) is 1. The van der Waals surface area contributed by atoms with Gasteiger partial charge in [0, 0.05) is 25.8 Å². The zero-order chi connectivity index (χ0) is 17.4. The highest BCUT2D eigenvalue weighted by Gasteiger charge is 2.41. The number of nitrogens with zero attached hydrogens (tertiary/aromatic N) is 4. The number of likely N-dealkylation sites (tertiary alicyclic amines) is 1. The van der Waals surface area contributed by atoms with Gasteiger partial charge in [-0.1, -0.05) is 0 Å². The minimum Gasteiger partial charge on any atom is -0.448 e. The van der Waals surface area contributed by atoms with E-state index in [0.717, 1.165) is 13.0 Å². The summed E-state index contributed by atoms with van der Waals surface area (Å²) in [5.74, 6) is 0.781. The Labute approximate surface area is 147 Å². The Balaban J connectivity index is 1.51. The zero-order valence-electron chi connectivity index (χ0n) is 14.8. The highest BCUT2D eigenvalue weighted by molar-refractivity contribution is 5.93. The molecule has 7 nitrogen and oxygen atoms in total. The predicted molar refractivity (Wildman–Crippen MR) is 92.0 cm³/mol. The van der Waals surface area contributed by atoms with Gasteiger partial charge in [-0.2, -0.15) is 5.10 Å². The summed E-state index contributed by atoms with van der Waals surface area (Å²) in [6.45, 7) is 3.54. The van der Waals surface area contributed by atoms with Crippen molar-refractivity contribution in [3.63, 3.8) is 0 Å². The Bertz CT molecular complexity index is 748. The summed E-state index contributed by atoms with van der Waals surface area (Å²) in [7, 11) is 2.00. The zero-order valence-corrected chi connectivity index (χ0v) is 14.8. The average molecular weight is 343 g/mol. The number of carbonyl (C=O) groups is 1. The van der Waals surface area contributed by atoms with Crippen LogP contribution in [-0.2, 0) is 7.05 Å². The molecule has 0 spiro atoms. The van der Waals surface area contributed by atoms with Crippen molar-refractivity contribution < 1.29 is 9.21 Å². The van der Waals surface area contributed by atoms with Crippen LogP contribution in [0.15, 0.2) is 23.1 Å². The van der Waals surface area contributed by atoms with Crippen LogP contribution < -0.4 is 5.32 Å². The van der Waals surface area contributed by atoms with Gasteiger partial charge in [-0.05, 0) is 51.1 Å². The fraction of sp³-hybridized carbons (Fsp3) is 0.611. The lowest BCUT2D eigenvalue weighted by atomic mass is 9.86. The number of aryl methyl sites for hydroxylation is 2. The fourth-order valence-electron chi connectivity index (χ4n) is 4.05. The molecule has 1 N–H and O–H groups in total. The van der Waals surface area contributed by atoms with Crippen molar-refractivity contribution in [3.05, 3.63) is 35.8 Å². The molecule has 0 bridgehead atoms. The molecule has 2 aliphatic rings. The normalized spacial score (nSPS) is 24.4. The maximum Gasteiger partial charge on any atom is 0.273 e. The second-order valence-electron chi connectivity index (χ2n) is 7.16. The van der Waals surface area contributed by atoms with Crippen LogP contribution in [0.25, 0.3) is 0 Å². The number of amides is 1. The molecule has 1 saturated heterocycles. The fourth-order valence-corrected chi connectivity index (χ4v) is 4.05. The summed E-state index contributed by atoms with van der Waals surface area (Å²) >= 11 is 0. The Morgan fingerprint density at radius 3 is 2.88 bits per heavy atom. The van der Waals surface area contributed by atoms with E-state index in [0.29, 0.717) is 36.0 Å². The first-order chi connectivity index (χ1) is 12.1. The number of rotatable bonds is 5. The maximum absolute atomic E-state index is 12.4. The van der Waals surface area contributed by atoms with Gasteiger partial charge in [0.2, 0.25) is 0 Å². The number of piperidine rings is 1. The number of hydrogen-bond donors (Lipinski definition) is 1. The lowest BCUT2D eigenvalue weighted by Crippen LogP contribution is -2.45. The first-order valence-electron chi connectivity index (χ1n) is 9.07. The lowest BCUT2D eigenvalue weighted by Gasteiger charge is -2.41. The topological polar surface area (TPSA) is 76.2 Å². The standard InChI is InChI=1S/C18H25N5O2/c1-12-16(20-11-25-12)18(24)19-10-13-4-3-9-23(14-5-6-14)17(13)15-7-8-21-22(15)2/h7-8,11,13-14,17H,3-6,9-10H2,1-2H3,(H,19,24)/t13-,17+/m0/s1. The summed E-state index contributed by atoms with van der Waals surface area (Å²) in [5.41, 5.74) is 1.62. The van der Waals surface area contributed by atoms with Gasteiger partial charge in [-0.15, -0.1) is 0 Å². The number of aromatic nitrogens is 3. The van der Waals surface area contributed by atoms with Crippen molar-refractivity contribution in [1.82, 2.24) is 25.0 Å². The van der Waals surface area contributed by atoms with Gasteiger partial charge >= 0.3 is 0 Å². The van der Waals surface area contributed by atoms with E-state index in [9.17, 15) is 4.79 Å². The van der Waals surface area contributed by atoms with E-state index in [-0.39, 0.29) is 5.91 Å². The van der Waals surface area contributed by atoms with E-state index < -0.39 is 0 Å². The van der Waals surface area contributed by atoms with Crippen molar-refractivity contribution >= 4 is 5.91 Å². The molecule has 2 aromatic rings. The van der Waals surface area contributed by atoms with Crippen molar-refractivity contribution in [2.45, 2.75) is 44.7 Å². The van der Waals surface area contributed by atoms with Crippen LogP contribution in [0.2, 0.25) is 0 Å². The number of oxazole rings is 1. The van der Waals surface area contributed by atoms with Gasteiger partial charge in [0.05, 0.1) is 11.7 Å². The lowest BCUT2D eigenvalue weighted by molar-refractivity contribution is 0.0725. The molecular weight excluding hydrogens is 318 g/mol. The Hall–Kier alpha value is -2.15. The molecular formula is C18H25N5O2. The molecule has 2 atom stereocenters. The first-order valence-corrected chi connectivity index (χ1v) is 9.07. The van der Waals surface area contributed by atoms with Crippen LogP contribution in [0.5, 0.6) is 0 Å². The summed E-state index contributed by atoms with van der Waals surface area (Å²) in [6.07, 6.45) is 8.03. The van der Waals surface area contributed by atoms with Crippen molar-refractivity contribution in [1.29, 1.82) is 0 Å². The third-order valence-electron chi connectivity index (χ3n) is 5.46. The summed E-state index contributed by atoms with van der Waals surface area (Å²) < 4.78 is 7.11. The van der Waals surface area contributed by atoms with E-state index >= 15 is 0 Å². The Morgan fingerprint density at radius 2 is 2.24 bits per heavy atom. The molecule has 0 aromatic carbocycles. The molecule has 1 aliphatic carbocycles. The first kappa shape index (κ1) is 16.3. The number of hydrogen-bond acceptors (Lipinski definition) is 5. The molecule has 3 heterocycles. The average Bonchev–Trinajstić information content (AvgIpc) is 3.24. The van der Waals surface area contributed by atoms with E-state index in [4.69, 9.17) is 4.42 Å². The third-order valence-corrected chi connectivity index (χ3v) is 5.46. The van der Waals surface area contributed by atoms with Gasteiger partial charge in [0.15, 0.2) is 12.1 Å². The van der Waals surface area contributed by atoms with Gasteiger partial charge in [-0.3, -0.25) is 14.4 Å². The molecule has 2 aromatic heterocycles. The van der Waals surface area contributed by atoms with Crippen LogP contribution in [0.4, 0.5) is 0 Å². The molecule has 4 rings (SSSR count). The smallest absolute Gasteiger partial charge is 0.273 e. The molecule has 0 radical (unpaired) electrons. The summed E-state index contributed by atoms with van der Waals surface area (Å²) in [4.78, 5) is 19.0. The minimum atomic E-state index is -0.154. The van der Waals surface area contributed by atoms with E-state index in [1.807, 2.05) is 17.9 Å². The molecule has 7 heteroatoms. The SMILES string of the molecule is Cc1ocnc1C(=O)NC[C@@H]1CCCN(C2CC2)[C@H]1c1ccnn1C. The van der Waals surface area contributed by atoms with E-state index in [1.54, 1.807) is 6.92 Å². The Morgan fingerprint density at radius 1 is 1.40 bits per heavy atom. The van der Waals surface area contributed by atoms with Crippen LogP contribution in [0, 0.1) is 12.8 Å². The maximum atomic E-state index is 12.4. The van der Waals surface area contributed by atoms with Crippen molar-refractivity contribution in [2.75, 3.05) is 13.1 Å². The third kappa shape index (κ3) is 3.20. The van der Waals surface area contributed by atoms with Crippen LogP contribution >= 0.6 is 0 Å². The van der Waals surface area contributed by atoms with E-state index in [2.05, 4.69) is 26.4 Å². The highest BCUT2D eigenvalue weighted by atomic mass is 16.3. The molecule has 1 saturated carbocycles. The predicted octanol–water partition coefficient (Wildman–Crippen LogP) is 2.06. The van der Waals surface area contributed by atoms with Crippen LogP contribution in [-0.4, -0.2) is 44.7 Å². The second kappa shape index (κ2) is 6.63. The van der Waals surface area contributed by atoms with Gasteiger partial charge in [-0.25, -0.2) is 4.98 Å². The van der Waals surface area contributed by atoms with Gasteiger partial charge in [0.25, 0.3) is 5.91 Å². The highest BCUT2D eigenvalue weighted by Crippen LogP contribution is 2.42. The summed E-state index contributed by atoms with van der Waals surface area (Å²) in [5, 5.41) is 7.44. The largest absolute Gasteiger partial charge is 0.448 e. The molecule has 2 fully saturated rings. The molecule has 25 heavy (non-hydrogen) atoms. The quantitative estimate of drug-likeness (QED) is 0.899. The molecule has 1 aliphatic heterocycles. The van der Waals surface area contributed by atoms with Gasteiger partial charge < -0.3 is 9.73 Å². The van der Waals surface area contributed by atoms with Gasteiger partial charge in [0.1, 0.15) is 5.76 Å². The molecule has 134 valence electrons. The Kier molecular flexibility index (Phi) is 4.33. The van der Waals surface area contributed by atoms with Crippen molar-refractivity contribution in [3.8, 4) is 0 Å². The minimum absolute atomic E-state index is 0.154. The number of carbonyl (C=O) groups excluding carboxylic acids is 1. The van der Waals surface area contributed by atoms with Crippen molar-refractivity contribution in [2.24, 2.45) is 13.0 Å². The van der Waals surface area contributed by atoms with E-state index in [1.165, 1.54) is 31.4 Å².